The number of amidine groups is 1. The molecule has 0 radical (unpaired) electrons. The molecule has 0 bridgehead atoms. The van der Waals surface area contributed by atoms with Crippen LogP contribution in [0.3, 0.4) is 0 Å². The maximum Gasteiger partial charge on any atom is 0.157 e. The molecule has 1 unspecified atom stereocenters. The van der Waals surface area contributed by atoms with Gasteiger partial charge in [-0.2, -0.15) is 5.10 Å². The van der Waals surface area contributed by atoms with Crippen molar-refractivity contribution in [2.24, 2.45) is 21.6 Å². The number of benzene rings is 1. The van der Waals surface area contributed by atoms with Gasteiger partial charge in [-0.05, 0) is 56.9 Å². The van der Waals surface area contributed by atoms with Gasteiger partial charge in [0.1, 0.15) is 17.4 Å². The number of hydrazine groups is 1. The molecule has 0 saturated heterocycles. The van der Waals surface area contributed by atoms with Gasteiger partial charge in [0.25, 0.3) is 0 Å². The normalized spacial score (nSPS) is 21.1. The Labute approximate surface area is 185 Å². The van der Waals surface area contributed by atoms with Gasteiger partial charge in [0.15, 0.2) is 11.6 Å². The van der Waals surface area contributed by atoms with Crippen molar-refractivity contribution in [3.05, 3.63) is 59.0 Å². The number of rotatable bonds is 4. The first-order chi connectivity index (χ1) is 15.4. The van der Waals surface area contributed by atoms with Crippen LogP contribution in [0.15, 0.2) is 57.6 Å². The summed E-state index contributed by atoms with van der Waals surface area (Å²) in [6, 6.07) is 6.11. The summed E-state index contributed by atoms with van der Waals surface area (Å²) < 4.78 is 15.4. The largest absolute Gasteiger partial charge is 0.509 e. The Kier molecular flexibility index (Phi) is 5.05. The van der Waals surface area contributed by atoms with Crippen LogP contribution in [-0.2, 0) is 13.0 Å². The highest BCUT2D eigenvalue weighted by atomic mass is 19.1. The van der Waals surface area contributed by atoms with Gasteiger partial charge in [-0.3, -0.25) is 5.01 Å². The maximum atomic E-state index is 13.5. The molecule has 8 nitrogen and oxygen atoms in total. The van der Waals surface area contributed by atoms with Crippen LogP contribution in [0, 0.1) is 11.7 Å². The predicted molar refractivity (Wildman–Crippen MR) is 122 cm³/mol. The van der Waals surface area contributed by atoms with Crippen LogP contribution < -0.4 is 11.2 Å². The van der Waals surface area contributed by atoms with Crippen LogP contribution in [0.25, 0.3) is 11.3 Å². The lowest BCUT2D eigenvalue weighted by molar-refractivity contribution is 0.309. The van der Waals surface area contributed by atoms with Crippen molar-refractivity contribution in [3.8, 4) is 11.3 Å². The Morgan fingerprint density at radius 3 is 2.66 bits per heavy atom. The van der Waals surface area contributed by atoms with E-state index < -0.39 is 0 Å². The van der Waals surface area contributed by atoms with E-state index in [1.165, 1.54) is 25.0 Å². The van der Waals surface area contributed by atoms with E-state index in [-0.39, 0.29) is 23.5 Å². The summed E-state index contributed by atoms with van der Waals surface area (Å²) >= 11 is 0. The third-order valence-electron chi connectivity index (χ3n) is 5.97. The molecule has 3 heterocycles. The Morgan fingerprint density at radius 2 is 2.00 bits per heavy atom. The van der Waals surface area contributed by atoms with Crippen molar-refractivity contribution in [1.82, 2.24) is 20.2 Å². The summed E-state index contributed by atoms with van der Waals surface area (Å²) in [4.78, 5) is 9.34. The molecule has 1 aromatic heterocycles. The molecule has 1 saturated carbocycles. The second-order valence-corrected chi connectivity index (χ2v) is 8.49. The zero-order valence-electron chi connectivity index (χ0n) is 18.1. The molecule has 32 heavy (non-hydrogen) atoms. The number of nitrogens with two attached hydrogens (primary N) is 1. The Hall–Kier alpha value is -3.46. The molecule has 4 N–H and O–H groups in total. The van der Waals surface area contributed by atoms with E-state index in [4.69, 9.17) is 15.8 Å². The fourth-order valence-corrected chi connectivity index (χ4v) is 4.01. The monoisotopic (exact) mass is 435 g/mol. The average Bonchev–Trinajstić information content (AvgIpc) is 3.46. The second kappa shape index (κ2) is 7.90. The number of halogens is 1. The fraction of sp³-hybridized carbons (Fsp3) is 0.348. The Balaban J connectivity index is 1.57. The minimum Gasteiger partial charge on any atom is -0.509 e. The number of aliphatic hydroxyl groups is 1. The maximum absolute atomic E-state index is 13.5. The number of hydrogen-bond acceptors (Lipinski definition) is 7. The van der Waals surface area contributed by atoms with E-state index in [1.54, 1.807) is 29.4 Å². The topological polar surface area (TPSA) is 104 Å². The first kappa shape index (κ1) is 20.4. The lowest BCUT2D eigenvalue weighted by Crippen LogP contribution is -2.35. The molecule has 2 aromatic rings. The van der Waals surface area contributed by atoms with Crippen LogP contribution in [0.4, 0.5) is 10.2 Å². The smallest absolute Gasteiger partial charge is 0.157 e. The number of nitrogens with zero attached hydrogens (tertiary/aromatic N) is 5. The number of aromatic nitrogens is 2. The zero-order valence-corrected chi connectivity index (χ0v) is 18.1. The van der Waals surface area contributed by atoms with Crippen molar-refractivity contribution >= 4 is 17.9 Å². The quantitative estimate of drug-likeness (QED) is 0.681. The van der Waals surface area contributed by atoms with Gasteiger partial charge in [0, 0.05) is 36.4 Å². The molecule has 3 aliphatic rings. The first-order valence-corrected chi connectivity index (χ1v) is 10.8. The van der Waals surface area contributed by atoms with Gasteiger partial charge < -0.3 is 10.8 Å². The third-order valence-corrected chi connectivity index (χ3v) is 5.97. The SMILES string of the molecule is CC1=C(O)C(C)NN1C1=CC(N)=Nc2c(c(-c3ccc(F)cc3)nn2CC2CC2)CC=N1. The van der Waals surface area contributed by atoms with E-state index in [1.807, 2.05) is 18.5 Å². The number of aliphatic hydroxyl groups excluding tert-OH is 1. The molecule has 1 atom stereocenters. The molecule has 1 aliphatic carbocycles. The minimum atomic E-state index is -0.289. The number of fused-ring (bicyclic) bond motifs is 1. The van der Waals surface area contributed by atoms with Gasteiger partial charge in [-0.1, -0.05) is 0 Å². The highest BCUT2D eigenvalue weighted by Gasteiger charge is 2.29. The standard InChI is InChI=1S/C23H26FN7O/c1-13-22(32)14(2)31(28-13)20-11-19(25)27-23-18(9-10-26-20)21(16-5-7-17(24)8-6-16)29-30(23)12-15-3-4-15/h5-8,10-11,13,15,28,32H,3-4,9,12H2,1-2H3,(H2,25,27). The number of aliphatic imine (C=N–C) groups is 2. The molecular formula is C23H26FN7O. The number of nitrogens with one attached hydrogen (secondary N) is 1. The minimum absolute atomic E-state index is 0.216. The summed E-state index contributed by atoms with van der Waals surface area (Å²) in [6.45, 7) is 4.46. The van der Waals surface area contributed by atoms with Crippen LogP contribution in [0.5, 0.6) is 0 Å². The molecule has 0 amide bonds. The average molecular weight is 436 g/mol. The molecule has 0 spiro atoms. The van der Waals surface area contributed by atoms with Gasteiger partial charge in [0.2, 0.25) is 0 Å². The predicted octanol–water partition coefficient (Wildman–Crippen LogP) is 3.55. The molecular weight excluding hydrogens is 409 g/mol. The van der Waals surface area contributed by atoms with Crippen LogP contribution in [0.1, 0.15) is 32.3 Å². The van der Waals surface area contributed by atoms with E-state index in [0.29, 0.717) is 29.7 Å². The van der Waals surface area contributed by atoms with E-state index >= 15 is 0 Å². The lowest BCUT2D eigenvalue weighted by Gasteiger charge is -2.20. The van der Waals surface area contributed by atoms with Crippen LogP contribution in [-0.4, -0.2) is 38.0 Å². The molecule has 1 aromatic carbocycles. The van der Waals surface area contributed by atoms with Crippen molar-refractivity contribution in [1.29, 1.82) is 0 Å². The fourth-order valence-electron chi connectivity index (χ4n) is 4.01. The molecule has 5 rings (SSSR count). The summed E-state index contributed by atoms with van der Waals surface area (Å²) in [6.07, 6.45) is 6.32. The van der Waals surface area contributed by atoms with Crippen molar-refractivity contribution in [2.75, 3.05) is 0 Å². The number of allylic oxidation sites excluding steroid dienone is 1. The van der Waals surface area contributed by atoms with E-state index in [9.17, 15) is 9.50 Å². The first-order valence-electron chi connectivity index (χ1n) is 10.8. The van der Waals surface area contributed by atoms with Crippen molar-refractivity contribution in [3.63, 3.8) is 0 Å². The molecule has 166 valence electrons. The van der Waals surface area contributed by atoms with Gasteiger partial charge >= 0.3 is 0 Å². The van der Waals surface area contributed by atoms with Crippen LogP contribution in [0.2, 0.25) is 0 Å². The van der Waals surface area contributed by atoms with Crippen molar-refractivity contribution < 1.29 is 9.50 Å². The molecule has 2 aliphatic heterocycles. The highest BCUT2D eigenvalue weighted by Crippen LogP contribution is 2.36. The molecule has 1 fully saturated rings. The van der Waals surface area contributed by atoms with Gasteiger partial charge in [-0.15, -0.1) is 0 Å². The van der Waals surface area contributed by atoms with Gasteiger partial charge in [0.05, 0.1) is 17.4 Å². The summed E-state index contributed by atoms with van der Waals surface area (Å²) in [7, 11) is 0. The molecule has 9 heteroatoms. The van der Waals surface area contributed by atoms with Crippen molar-refractivity contribution in [2.45, 2.75) is 45.7 Å². The Bertz CT molecular complexity index is 1170. The van der Waals surface area contributed by atoms with Gasteiger partial charge in [-0.25, -0.2) is 24.5 Å². The Morgan fingerprint density at radius 1 is 1.25 bits per heavy atom. The van der Waals surface area contributed by atoms with E-state index in [2.05, 4.69) is 10.4 Å². The van der Waals surface area contributed by atoms with E-state index in [0.717, 1.165) is 23.4 Å². The summed E-state index contributed by atoms with van der Waals surface area (Å²) in [5, 5.41) is 16.8. The number of hydrogen-bond donors (Lipinski definition) is 3. The zero-order chi connectivity index (χ0) is 22.4. The van der Waals surface area contributed by atoms with Crippen LogP contribution >= 0.6 is 0 Å². The second-order valence-electron chi connectivity index (χ2n) is 8.49. The third kappa shape index (κ3) is 3.80. The highest BCUT2D eigenvalue weighted by molar-refractivity contribution is 5.95. The summed E-state index contributed by atoms with van der Waals surface area (Å²) in [5.41, 5.74) is 12.6. The summed E-state index contributed by atoms with van der Waals surface area (Å²) in [5.74, 6) is 2.10. The lowest BCUT2D eigenvalue weighted by atomic mass is 10.1.